The van der Waals surface area contributed by atoms with E-state index in [1.165, 1.54) is 132 Å². The molecule has 0 bridgehead atoms. The molecule has 296 valence electrons. The van der Waals surface area contributed by atoms with Crippen molar-refractivity contribution in [1.29, 1.82) is 0 Å². The molecule has 0 heterocycles. The minimum absolute atomic E-state index is 0.0100. The van der Waals surface area contributed by atoms with Crippen LogP contribution in [0.4, 0.5) is 0 Å². The maximum atomic E-state index is 2.47. The van der Waals surface area contributed by atoms with Crippen molar-refractivity contribution >= 4 is 32.3 Å². The first-order valence-corrected chi connectivity index (χ1v) is 22.2. The first-order chi connectivity index (χ1) is 30.1. The molecule has 0 N–H and O–H groups in total. The molecule has 10 aromatic rings. The Morgan fingerprint density at radius 2 is 0.516 bits per heavy atom. The maximum Gasteiger partial charge on any atom is -0.000740 e. The van der Waals surface area contributed by atoms with Gasteiger partial charge in [-0.1, -0.05) is 224 Å². The SMILES string of the molecule is CC(C)(C)c1cccc(-c2c3c(c(-c4cccc(C(C)(C)C)c4)c4ccccc24)-c2ccc4c5c(ccc-3c25)-c2c-4c(-c3ccccc3)c3ccccc3c2-c2ccccc2)c1. The summed E-state index contributed by atoms with van der Waals surface area (Å²) in [6.45, 7) is 13.9. The molecule has 0 aliphatic heterocycles. The number of fused-ring (bicyclic) bond motifs is 8. The fourth-order valence-corrected chi connectivity index (χ4v) is 11.0. The van der Waals surface area contributed by atoms with E-state index >= 15 is 0 Å². The molecule has 0 atom stereocenters. The van der Waals surface area contributed by atoms with Crippen molar-refractivity contribution in [2.75, 3.05) is 0 Å². The predicted octanol–water partition coefficient (Wildman–Crippen LogP) is 17.7. The summed E-state index contributed by atoms with van der Waals surface area (Å²) in [6, 6.07) is 69.0. The van der Waals surface area contributed by atoms with Crippen molar-refractivity contribution in [3.63, 3.8) is 0 Å². The van der Waals surface area contributed by atoms with Crippen molar-refractivity contribution < 1.29 is 0 Å². The van der Waals surface area contributed by atoms with E-state index in [9.17, 15) is 0 Å². The van der Waals surface area contributed by atoms with Crippen LogP contribution in [-0.2, 0) is 10.8 Å². The Morgan fingerprint density at radius 3 is 0.823 bits per heavy atom. The molecule has 2 aliphatic carbocycles. The van der Waals surface area contributed by atoms with Gasteiger partial charge in [0.2, 0.25) is 0 Å². The average molecular weight is 793 g/mol. The van der Waals surface area contributed by atoms with E-state index in [1.54, 1.807) is 0 Å². The van der Waals surface area contributed by atoms with Gasteiger partial charge in [0, 0.05) is 0 Å². The highest BCUT2D eigenvalue weighted by Crippen LogP contribution is 2.64. The summed E-state index contributed by atoms with van der Waals surface area (Å²) in [5, 5.41) is 7.89. The highest BCUT2D eigenvalue weighted by Gasteiger charge is 2.37. The third kappa shape index (κ3) is 5.26. The van der Waals surface area contributed by atoms with E-state index in [-0.39, 0.29) is 10.8 Å². The van der Waals surface area contributed by atoms with Crippen LogP contribution in [0, 0.1) is 0 Å². The largest absolute Gasteiger partial charge is 0.0622 e. The van der Waals surface area contributed by atoms with E-state index < -0.39 is 0 Å². The summed E-state index contributed by atoms with van der Waals surface area (Å²) in [5.41, 5.74) is 23.7. The molecule has 2 aliphatic rings. The standard InChI is InChI=1S/C62H48/c1-61(2,3)41-25-17-23-39(35-41)53-45-29-15-16-30-46(45)54(40-24-18-26-42(36-40)62(4,5)6)60-50-34-32-48-55-47(31-33-49(56(50)55)59(53)60)57-51(37-19-9-7-10-20-37)43-27-13-14-28-44(43)52(58(48)57)38-21-11-8-12-22-38/h7-36H,1-6H3. The minimum atomic E-state index is 0.0100. The van der Waals surface area contributed by atoms with Gasteiger partial charge in [0.15, 0.2) is 0 Å². The lowest BCUT2D eigenvalue weighted by Gasteiger charge is -2.24. The molecule has 0 spiro atoms. The van der Waals surface area contributed by atoms with Crippen LogP contribution in [0.1, 0.15) is 52.7 Å². The van der Waals surface area contributed by atoms with Crippen LogP contribution in [0.15, 0.2) is 182 Å². The second-order valence-corrected chi connectivity index (χ2v) is 19.6. The molecule has 0 aromatic heterocycles. The fourth-order valence-electron chi connectivity index (χ4n) is 11.0. The minimum Gasteiger partial charge on any atom is -0.0622 e. The Balaban J connectivity index is 1.26. The quantitative estimate of drug-likeness (QED) is 0.167. The first kappa shape index (κ1) is 36.8. The van der Waals surface area contributed by atoms with Gasteiger partial charge in [0.25, 0.3) is 0 Å². The van der Waals surface area contributed by atoms with Crippen LogP contribution in [0.2, 0.25) is 0 Å². The van der Waals surface area contributed by atoms with E-state index in [0.717, 1.165) is 0 Å². The third-order valence-corrected chi connectivity index (χ3v) is 13.8. The molecule has 62 heavy (non-hydrogen) atoms. The maximum absolute atomic E-state index is 2.47. The Hall–Kier alpha value is -7.02. The molecule has 0 nitrogen and oxygen atoms in total. The zero-order valence-corrected chi connectivity index (χ0v) is 36.3. The summed E-state index contributed by atoms with van der Waals surface area (Å²) in [6.07, 6.45) is 0. The van der Waals surface area contributed by atoms with Crippen LogP contribution in [0.3, 0.4) is 0 Å². The van der Waals surface area contributed by atoms with Gasteiger partial charge in [-0.05, 0) is 143 Å². The molecule has 0 radical (unpaired) electrons. The number of hydrogen-bond acceptors (Lipinski definition) is 0. The van der Waals surface area contributed by atoms with Gasteiger partial charge in [0.1, 0.15) is 0 Å². The molecule has 10 aromatic carbocycles. The zero-order valence-electron chi connectivity index (χ0n) is 36.3. The monoisotopic (exact) mass is 792 g/mol. The van der Waals surface area contributed by atoms with Crippen molar-refractivity contribution in [1.82, 2.24) is 0 Å². The second-order valence-electron chi connectivity index (χ2n) is 19.6. The van der Waals surface area contributed by atoms with Gasteiger partial charge in [-0.25, -0.2) is 0 Å². The van der Waals surface area contributed by atoms with Gasteiger partial charge >= 0.3 is 0 Å². The lowest BCUT2D eigenvalue weighted by Crippen LogP contribution is -2.11. The molecule has 0 saturated carbocycles. The average Bonchev–Trinajstić information content (AvgIpc) is 3.79. The van der Waals surface area contributed by atoms with Gasteiger partial charge in [-0.3, -0.25) is 0 Å². The molecule has 0 fully saturated rings. The Bertz CT molecular complexity index is 3270. The van der Waals surface area contributed by atoms with E-state index in [2.05, 4.69) is 224 Å². The normalized spacial score (nSPS) is 12.7. The molecule has 0 heteroatoms. The summed E-state index contributed by atoms with van der Waals surface area (Å²) in [4.78, 5) is 0. The van der Waals surface area contributed by atoms with Crippen LogP contribution < -0.4 is 0 Å². The Morgan fingerprint density at radius 1 is 0.242 bits per heavy atom. The van der Waals surface area contributed by atoms with E-state index in [4.69, 9.17) is 0 Å². The summed E-state index contributed by atoms with van der Waals surface area (Å²) in [7, 11) is 0. The van der Waals surface area contributed by atoms with Gasteiger partial charge in [-0.2, -0.15) is 0 Å². The zero-order chi connectivity index (χ0) is 42.1. The van der Waals surface area contributed by atoms with Crippen molar-refractivity contribution in [3.8, 4) is 89.0 Å². The van der Waals surface area contributed by atoms with Crippen molar-refractivity contribution in [2.45, 2.75) is 52.4 Å². The van der Waals surface area contributed by atoms with Crippen LogP contribution in [0.5, 0.6) is 0 Å². The highest BCUT2D eigenvalue weighted by molar-refractivity contribution is 6.35. The predicted molar refractivity (Wildman–Crippen MR) is 267 cm³/mol. The highest BCUT2D eigenvalue weighted by atomic mass is 14.4. The Labute approximate surface area is 365 Å². The Kier molecular flexibility index (Phi) is 7.86. The number of benzene rings is 10. The molecule has 12 rings (SSSR count). The van der Waals surface area contributed by atoms with Crippen LogP contribution in [-0.4, -0.2) is 0 Å². The first-order valence-electron chi connectivity index (χ1n) is 22.2. The van der Waals surface area contributed by atoms with Crippen molar-refractivity contribution in [2.24, 2.45) is 0 Å². The summed E-state index contributed by atoms with van der Waals surface area (Å²) >= 11 is 0. The van der Waals surface area contributed by atoms with Gasteiger partial charge in [-0.15, -0.1) is 0 Å². The fraction of sp³-hybridized carbons (Fsp3) is 0.129. The lowest BCUT2D eigenvalue weighted by molar-refractivity contribution is 0.590. The number of rotatable bonds is 4. The number of hydrogen-bond donors (Lipinski definition) is 0. The summed E-state index contributed by atoms with van der Waals surface area (Å²) in [5.74, 6) is 0. The van der Waals surface area contributed by atoms with Gasteiger partial charge < -0.3 is 0 Å². The molecule has 0 unspecified atom stereocenters. The molecule has 0 saturated heterocycles. The molecular weight excluding hydrogens is 745 g/mol. The van der Waals surface area contributed by atoms with Gasteiger partial charge in [0.05, 0.1) is 0 Å². The second kappa shape index (κ2) is 13.2. The smallest absolute Gasteiger partial charge is 0.000740 e. The topological polar surface area (TPSA) is 0 Å². The summed E-state index contributed by atoms with van der Waals surface area (Å²) < 4.78 is 0. The third-order valence-electron chi connectivity index (χ3n) is 13.8. The van der Waals surface area contributed by atoms with E-state index in [0.29, 0.717) is 0 Å². The van der Waals surface area contributed by atoms with E-state index in [1.807, 2.05) is 0 Å². The molecule has 0 amide bonds. The molecular formula is C62H48. The van der Waals surface area contributed by atoms with Crippen LogP contribution in [0.25, 0.3) is 121 Å². The van der Waals surface area contributed by atoms with Crippen LogP contribution >= 0.6 is 0 Å². The van der Waals surface area contributed by atoms with Crippen molar-refractivity contribution in [3.05, 3.63) is 193 Å². The lowest BCUT2D eigenvalue weighted by atomic mass is 9.79.